The molecule has 0 atom stereocenters. The van der Waals surface area contributed by atoms with Gasteiger partial charge in [0.15, 0.2) is 5.17 Å². The number of benzene rings is 1. The predicted octanol–water partition coefficient (Wildman–Crippen LogP) is 3.65. The number of carbonyl (C=O) groups excluding carboxylic acids is 1. The molecule has 0 fully saturated rings. The molecule has 110 valence electrons. The number of rotatable bonds is 2. The molecule has 0 aliphatic rings. The van der Waals surface area contributed by atoms with E-state index in [0.717, 1.165) is 11.3 Å². The van der Waals surface area contributed by atoms with Crippen molar-refractivity contribution in [3.05, 3.63) is 23.8 Å². The van der Waals surface area contributed by atoms with E-state index >= 15 is 0 Å². The number of nitrogens with two attached hydrogens (primary N) is 1. The average Bonchev–Trinajstić information content (AvgIpc) is 2.30. The number of ether oxygens (including phenoxy) is 1. The maximum absolute atomic E-state index is 11.7. The fraction of sp³-hybridized carbons (Fsp3) is 0.429. The summed E-state index contributed by atoms with van der Waals surface area (Å²) in [7, 11) is 0. The molecule has 1 aromatic carbocycles. The SMILES string of the molecule is CSC(N)=Nc1cc(NC(=O)OC(C)(C)C)ccc1C. The summed E-state index contributed by atoms with van der Waals surface area (Å²) in [6.45, 7) is 7.38. The van der Waals surface area contributed by atoms with Crippen molar-refractivity contribution >= 4 is 34.4 Å². The Morgan fingerprint density at radius 2 is 2.05 bits per heavy atom. The number of nitrogens with one attached hydrogen (secondary N) is 1. The molecule has 0 radical (unpaired) electrons. The van der Waals surface area contributed by atoms with Crippen molar-refractivity contribution in [2.45, 2.75) is 33.3 Å². The van der Waals surface area contributed by atoms with Crippen LogP contribution in [0.4, 0.5) is 16.2 Å². The Kier molecular flexibility index (Phi) is 5.44. The molecule has 0 spiro atoms. The lowest BCUT2D eigenvalue weighted by Crippen LogP contribution is -2.27. The molecule has 0 bridgehead atoms. The summed E-state index contributed by atoms with van der Waals surface area (Å²) in [6.07, 6.45) is 1.37. The summed E-state index contributed by atoms with van der Waals surface area (Å²) in [5.41, 5.74) is 7.51. The summed E-state index contributed by atoms with van der Waals surface area (Å²) in [5.74, 6) is 0. The number of aliphatic imine (C=N–C) groups is 1. The number of nitrogens with zero attached hydrogens (tertiary/aromatic N) is 1. The largest absolute Gasteiger partial charge is 0.444 e. The Morgan fingerprint density at radius 1 is 1.40 bits per heavy atom. The van der Waals surface area contributed by atoms with Gasteiger partial charge in [-0.1, -0.05) is 17.8 Å². The highest BCUT2D eigenvalue weighted by Crippen LogP contribution is 2.24. The van der Waals surface area contributed by atoms with E-state index in [1.807, 2.05) is 40.0 Å². The zero-order valence-electron chi connectivity index (χ0n) is 12.5. The Morgan fingerprint density at radius 3 is 2.60 bits per heavy atom. The summed E-state index contributed by atoms with van der Waals surface area (Å²) < 4.78 is 5.20. The first-order chi connectivity index (χ1) is 9.21. The quantitative estimate of drug-likeness (QED) is 0.645. The van der Waals surface area contributed by atoms with Crippen molar-refractivity contribution in [1.29, 1.82) is 0 Å². The molecule has 3 N–H and O–H groups in total. The number of thioether (sulfide) groups is 1. The highest BCUT2D eigenvalue weighted by Gasteiger charge is 2.16. The molecule has 20 heavy (non-hydrogen) atoms. The number of amides is 1. The Balaban J connectivity index is 2.88. The lowest BCUT2D eigenvalue weighted by atomic mass is 10.2. The number of hydrogen-bond donors (Lipinski definition) is 2. The van der Waals surface area contributed by atoms with Crippen molar-refractivity contribution in [3.8, 4) is 0 Å². The number of carbonyl (C=O) groups is 1. The monoisotopic (exact) mass is 295 g/mol. The van der Waals surface area contributed by atoms with Gasteiger partial charge in [0.05, 0.1) is 5.69 Å². The van der Waals surface area contributed by atoms with Gasteiger partial charge in [0, 0.05) is 5.69 Å². The van der Waals surface area contributed by atoms with E-state index in [4.69, 9.17) is 10.5 Å². The minimum atomic E-state index is -0.529. The van der Waals surface area contributed by atoms with Gasteiger partial charge >= 0.3 is 6.09 Å². The lowest BCUT2D eigenvalue weighted by Gasteiger charge is -2.19. The minimum absolute atomic E-state index is 0.475. The van der Waals surface area contributed by atoms with E-state index in [-0.39, 0.29) is 0 Å². The van der Waals surface area contributed by atoms with Gasteiger partial charge in [0.25, 0.3) is 0 Å². The zero-order valence-corrected chi connectivity index (χ0v) is 13.3. The second-order valence-corrected chi connectivity index (χ2v) is 6.11. The molecule has 0 heterocycles. The third-order valence-corrected chi connectivity index (χ3v) is 2.80. The Labute approximate surface area is 124 Å². The van der Waals surface area contributed by atoms with Crippen LogP contribution in [-0.4, -0.2) is 23.1 Å². The first-order valence-corrected chi connectivity index (χ1v) is 7.42. The van der Waals surface area contributed by atoms with Gasteiger partial charge in [-0.2, -0.15) is 0 Å². The number of aryl methyl sites for hydroxylation is 1. The highest BCUT2D eigenvalue weighted by molar-refractivity contribution is 8.13. The average molecular weight is 295 g/mol. The normalized spacial score (nSPS) is 12.2. The molecule has 0 unspecified atom stereocenters. The summed E-state index contributed by atoms with van der Waals surface area (Å²) >= 11 is 1.37. The van der Waals surface area contributed by atoms with Gasteiger partial charge in [-0.25, -0.2) is 9.79 Å². The second-order valence-electron chi connectivity index (χ2n) is 5.28. The zero-order chi connectivity index (χ0) is 15.3. The van der Waals surface area contributed by atoms with Crippen LogP contribution in [0.15, 0.2) is 23.2 Å². The smallest absolute Gasteiger partial charge is 0.412 e. The van der Waals surface area contributed by atoms with Crippen molar-refractivity contribution in [2.24, 2.45) is 10.7 Å². The molecular weight excluding hydrogens is 274 g/mol. The Hall–Kier alpha value is -1.69. The molecule has 0 aliphatic carbocycles. The summed E-state index contributed by atoms with van der Waals surface area (Å²) in [4.78, 5) is 16.0. The number of amidine groups is 1. The molecule has 5 nitrogen and oxygen atoms in total. The first-order valence-electron chi connectivity index (χ1n) is 6.20. The van der Waals surface area contributed by atoms with Gasteiger partial charge in [-0.15, -0.1) is 0 Å². The van der Waals surface area contributed by atoms with Gasteiger partial charge in [-0.05, 0) is 51.6 Å². The van der Waals surface area contributed by atoms with Crippen LogP contribution in [0.1, 0.15) is 26.3 Å². The van der Waals surface area contributed by atoms with Crippen molar-refractivity contribution in [2.75, 3.05) is 11.6 Å². The second kappa shape index (κ2) is 6.65. The van der Waals surface area contributed by atoms with Gasteiger partial charge in [0.1, 0.15) is 5.60 Å². The number of hydrogen-bond acceptors (Lipinski definition) is 4. The number of anilines is 1. The topological polar surface area (TPSA) is 76.7 Å². The fourth-order valence-corrected chi connectivity index (χ4v) is 1.58. The molecule has 0 saturated carbocycles. The van der Waals surface area contributed by atoms with E-state index in [0.29, 0.717) is 10.9 Å². The van der Waals surface area contributed by atoms with Crippen LogP contribution in [0, 0.1) is 6.92 Å². The van der Waals surface area contributed by atoms with Crippen molar-refractivity contribution < 1.29 is 9.53 Å². The standard InChI is InChI=1S/C14H21N3O2S/c1-9-6-7-10(8-11(9)17-12(15)20-5)16-13(18)19-14(2,3)4/h6-8H,1-5H3,(H2,15,17)(H,16,18). The molecule has 0 aromatic heterocycles. The maximum atomic E-state index is 11.7. The maximum Gasteiger partial charge on any atom is 0.412 e. The van der Waals surface area contributed by atoms with E-state index in [1.165, 1.54) is 11.8 Å². The van der Waals surface area contributed by atoms with Gasteiger partial charge < -0.3 is 10.5 Å². The molecule has 1 amide bonds. The van der Waals surface area contributed by atoms with Crippen LogP contribution in [0.3, 0.4) is 0 Å². The van der Waals surface area contributed by atoms with E-state index in [9.17, 15) is 4.79 Å². The van der Waals surface area contributed by atoms with E-state index < -0.39 is 11.7 Å². The van der Waals surface area contributed by atoms with Crippen molar-refractivity contribution in [1.82, 2.24) is 0 Å². The first kappa shape index (κ1) is 16.4. The summed E-state index contributed by atoms with van der Waals surface area (Å²) in [6, 6.07) is 5.44. The predicted molar refractivity (Wildman–Crippen MR) is 85.8 cm³/mol. The van der Waals surface area contributed by atoms with Crippen LogP contribution in [-0.2, 0) is 4.74 Å². The van der Waals surface area contributed by atoms with Crippen LogP contribution < -0.4 is 11.1 Å². The third kappa shape index (κ3) is 5.52. The highest BCUT2D eigenvalue weighted by atomic mass is 32.2. The molecule has 1 rings (SSSR count). The fourth-order valence-electron chi connectivity index (χ4n) is 1.39. The lowest BCUT2D eigenvalue weighted by molar-refractivity contribution is 0.0636. The van der Waals surface area contributed by atoms with Gasteiger partial charge in [-0.3, -0.25) is 5.32 Å². The third-order valence-electron chi connectivity index (χ3n) is 2.29. The Bertz CT molecular complexity index is 522. The molecule has 6 heteroatoms. The molecular formula is C14H21N3O2S. The summed E-state index contributed by atoms with van der Waals surface area (Å²) in [5, 5.41) is 3.15. The van der Waals surface area contributed by atoms with E-state index in [2.05, 4.69) is 10.3 Å². The van der Waals surface area contributed by atoms with Crippen LogP contribution in [0.25, 0.3) is 0 Å². The van der Waals surface area contributed by atoms with E-state index in [1.54, 1.807) is 12.1 Å². The van der Waals surface area contributed by atoms with Crippen molar-refractivity contribution in [3.63, 3.8) is 0 Å². The van der Waals surface area contributed by atoms with Gasteiger partial charge in [0.2, 0.25) is 0 Å². The van der Waals surface area contributed by atoms with Crippen LogP contribution in [0.5, 0.6) is 0 Å². The van der Waals surface area contributed by atoms with Crippen LogP contribution >= 0.6 is 11.8 Å². The van der Waals surface area contributed by atoms with Crippen LogP contribution in [0.2, 0.25) is 0 Å². The molecule has 0 saturated heterocycles. The molecule has 1 aromatic rings. The molecule has 0 aliphatic heterocycles. The minimum Gasteiger partial charge on any atom is -0.444 e.